The van der Waals surface area contributed by atoms with Gasteiger partial charge < -0.3 is 4.74 Å². The molecule has 4 heterocycles. The van der Waals surface area contributed by atoms with E-state index in [0.717, 1.165) is 83.8 Å². The second-order valence-electron chi connectivity index (χ2n) is 23.9. The third kappa shape index (κ3) is 8.33. The Morgan fingerprint density at radius 2 is 1.00 bits per heavy atom. The second kappa shape index (κ2) is 17.9. The van der Waals surface area contributed by atoms with E-state index in [-0.39, 0.29) is 16.2 Å². The van der Waals surface area contributed by atoms with Gasteiger partial charge in [0.15, 0.2) is 0 Å². The van der Waals surface area contributed by atoms with Crippen LogP contribution in [0, 0.1) is 6.33 Å². The third-order valence-corrected chi connectivity index (χ3v) is 15.6. The second-order valence-corrected chi connectivity index (χ2v) is 23.9. The van der Waals surface area contributed by atoms with Crippen LogP contribution < -0.4 is 9.30 Å². The van der Waals surface area contributed by atoms with Crippen molar-refractivity contribution in [3.63, 3.8) is 0 Å². The van der Waals surface area contributed by atoms with Crippen LogP contribution in [0.3, 0.4) is 0 Å². The Balaban J connectivity index is 0.966. The highest BCUT2D eigenvalue weighted by atomic mass is 16.5. The highest BCUT2D eigenvalue weighted by Gasteiger charge is 2.27. The van der Waals surface area contributed by atoms with Crippen LogP contribution in [0.5, 0.6) is 11.5 Å². The first-order valence-corrected chi connectivity index (χ1v) is 26.9. The number of hydrogen-bond acceptors (Lipinski definition) is 2. The van der Waals surface area contributed by atoms with Gasteiger partial charge in [0.05, 0.1) is 33.4 Å². The lowest BCUT2D eigenvalue weighted by Crippen LogP contribution is -2.32. The average molecular weight is 999 g/mol. The summed E-state index contributed by atoms with van der Waals surface area (Å²) in [6.45, 7) is 20.6. The van der Waals surface area contributed by atoms with Crippen LogP contribution in [0.1, 0.15) is 79.0 Å². The molecular weight excluding hydrogens is 937 g/mol. The van der Waals surface area contributed by atoms with E-state index in [4.69, 9.17) is 9.72 Å². The molecule has 0 aliphatic carbocycles. The highest BCUT2D eigenvalue weighted by Crippen LogP contribution is 2.46. The highest BCUT2D eigenvalue weighted by molar-refractivity contribution is 6.11. The Kier molecular flexibility index (Phi) is 11.1. The summed E-state index contributed by atoms with van der Waals surface area (Å²) < 4.78 is 13.8. The fourth-order valence-electron chi connectivity index (χ4n) is 11.5. The van der Waals surface area contributed by atoms with Gasteiger partial charge in [0.1, 0.15) is 17.3 Å². The SMILES string of the molecule is CC(C)(C)c1cc(-c2ccc3c(c2)c2ccc(Oc4cccc(-n5[c-][n+]6c7c(cccc75)-c5ccccc5-c5ccccc5-c5cccc(-c7ccccc7)c5-6)c4)cc2n3-c2cc(C(C)(C)C)ccn2)cc(C(C)(C)C)c1. The van der Waals surface area contributed by atoms with Crippen molar-refractivity contribution in [1.29, 1.82) is 0 Å². The summed E-state index contributed by atoms with van der Waals surface area (Å²) in [5.74, 6) is 2.33. The first-order chi connectivity index (χ1) is 37.1. The zero-order valence-electron chi connectivity index (χ0n) is 45.4. The monoisotopic (exact) mass is 998 g/mol. The molecule has 5 nitrogen and oxygen atoms in total. The van der Waals surface area contributed by atoms with Gasteiger partial charge in [-0.2, -0.15) is 0 Å². The van der Waals surface area contributed by atoms with Crippen molar-refractivity contribution >= 4 is 32.8 Å². The molecule has 0 saturated heterocycles. The lowest BCUT2D eigenvalue weighted by atomic mass is 9.79. The van der Waals surface area contributed by atoms with Crippen molar-refractivity contribution < 1.29 is 9.30 Å². The molecule has 0 bridgehead atoms. The molecule has 376 valence electrons. The number of benzene rings is 9. The van der Waals surface area contributed by atoms with Gasteiger partial charge in [0.25, 0.3) is 6.33 Å². The number of fused-ring (bicyclic) bond motifs is 10. The van der Waals surface area contributed by atoms with Gasteiger partial charge in [-0.1, -0.05) is 208 Å². The molecule has 0 unspecified atom stereocenters. The van der Waals surface area contributed by atoms with Gasteiger partial charge in [-0.3, -0.25) is 13.7 Å². The number of aromatic nitrogens is 4. The number of nitrogens with zero attached hydrogens (tertiary/aromatic N) is 4. The van der Waals surface area contributed by atoms with Gasteiger partial charge in [-0.05, 0) is 143 Å². The smallest absolute Gasteiger partial charge is 0.269 e. The lowest BCUT2D eigenvalue weighted by molar-refractivity contribution is -0.570. The Morgan fingerprint density at radius 3 is 1.70 bits per heavy atom. The largest absolute Gasteiger partial charge is 0.458 e. The number of pyridine rings is 1. The molecule has 9 aromatic carbocycles. The molecule has 0 radical (unpaired) electrons. The number of imidazole rings is 1. The van der Waals surface area contributed by atoms with Crippen molar-refractivity contribution in [3.05, 3.63) is 235 Å². The molecule has 5 heteroatoms. The zero-order valence-corrected chi connectivity index (χ0v) is 45.4. The van der Waals surface area contributed by atoms with Crippen molar-refractivity contribution in [2.45, 2.75) is 78.6 Å². The van der Waals surface area contributed by atoms with Crippen LogP contribution in [0.15, 0.2) is 212 Å². The maximum atomic E-state index is 6.99. The molecule has 12 aromatic rings. The molecule has 0 N–H and O–H groups in total. The maximum absolute atomic E-state index is 6.99. The first-order valence-electron chi connectivity index (χ1n) is 26.9. The summed E-state index contributed by atoms with van der Waals surface area (Å²) in [5, 5.41) is 2.30. The molecular formula is C72H62N4O. The zero-order chi connectivity index (χ0) is 53.0. The minimum atomic E-state index is -0.0615. The molecule has 0 amide bonds. The van der Waals surface area contributed by atoms with Crippen molar-refractivity contribution in [2.75, 3.05) is 0 Å². The van der Waals surface area contributed by atoms with E-state index < -0.39 is 0 Å². The Bertz CT molecular complexity index is 4270. The normalized spacial score (nSPS) is 12.5. The Morgan fingerprint density at radius 1 is 0.403 bits per heavy atom. The van der Waals surface area contributed by atoms with E-state index in [9.17, 15) is 0 Å². The molecule has 0 spiro atoms. The van der Waals surface area contributed by atoms with Crippen LogP contribution in [-0.4, -0.2) is 14.1 Å². The summed E-state index contributed by atoms with van der Waals surface area (Å²) in [6.07, 6.45) is 5.89. The Hall–Kier alpha value is -8.80. The predicted octanol–water partition coefficient (Wildman–Crippen LogP) is 18.5. The molecule has 77 heavy (non-hydrogen) atoms. The van der Waals surface area contributed by atoms with Crippen molar-refractivity contribution in [3.8, 4) is 84.3 Å². The summed E-state index contributed by atoms with van der Waals surface area (Å²) in [4.78, 5) is 5.05. The lowest BCUT2D eigenvalue weighted by Gasteiger charge is -2.26. The van der Waals surface area contributed by atoms with Crippen LogP contribution in [-0.2, 0) is 16.2 Å². The number of rotatable bonds is 6. The standard InChI is InChI=1S/C72H62N4O/c1-70(2,3)49-36-37-73-67(42-49)76-64-35-32-47(48-38-50(71(4,5)6)41-51(39-48)72(7,8)9)40-63(64)60-34-33-54(44-66(60)76)77-53-23-17-22-52(43-53)74-45-75-68-55(46-20-11-10-12-21-46)28-18-29-61(68)58-26-15-13-24-56(58)57-25-14-16-27-59(57)62-30-19-31-65(74)69(62)75/h10-44H,1-9H3. The third-order valence-electron chi connectivity index (χ3n) is 15.6. The fourth-order valence-corrected chi connectivity index (χ4v) is 11.5. The number of para-hydroxylation sites is 2. The number of hydrogen-bond donors (Lipinski definition) is 0. The molecule has 1 aliphatic heterocycles. The first kappa shape index (κ1) is 47.9. The van der Waals surface area contributed by atoms with E-state index in [0.29, 0.717) is 0 Å². The number of ether oxygens (including phenoxy) is 1. The van der Waals surface area contributed by atoms with Gasteiger partial charge in [-0.15, -0.1) is 0 Å². The molecule has 0 atom stereocenters. The summed E-state index contributed by atoms with van der Waals surface area (Å²) in [6, 6.07) is 75.0. The molecule has 1 aliphatic rings. The van der Waals surface area contributed by atoms with E-state index in [1.54, 1.807) is 0 Å². The van der Waals surface area contributed by atoms with Crippen LogP contribution >= 0.6 is 0 Å². The molecule has 0 saturated carbocycles. The molecule has 0 fully saturated rings. The quantitative estimate of drug-likeness (QED) is 0.123. The van der Waals surface area contributed by atoms with Gasteiger partial charge in [0, 0.05) is 23.0 Å². The fraction of sp³-hybridized carbons (Fsp3) is 0.167. The van der Waals surface area contributed by atoms with Crippen molar-refractivity contribution in [1.82, 2.24) is 14.1 Å². The maximum Gasteiger partial charge on any atom is 0.269 e. The summed E-state index contributed by atoms with van der Waals surface area (Å²) >= 11 is 0. The molecule has 3 aromatic heterocycles. The van der Waals surface area contributed by atoms with E-state index in [2.05, 4.69) is 283 Å². The Labute approximate surface area is 452 Å². The summed E-state index contributed by atoms with van der Waals surface area (Å²) in [7, 11) is 0. The van der Waals surface area contributed by atoms with Gasteiger partial charge >= 0.3 is 0 Å². The van der Waals surface area contributed by atoms with Crippen LogP contribution in [0.25, 0.3) is 106 Å². The summed E-state index contributed by atoms with van der Waals surface area (Å²) in [5.41, 5.74) is 21.8. The minimum absolute atomic E-state index is 0.000322. The van der Waals surface area contributed by atoms with Crippen LogP contribution in [0.4, 0.5) is 0 Å². The van der Waals surface area contributed by atoms with Crippen molar-refractivity contribution in [2.24, 2.45) is 0 Å². The topological polar surface area (TPSA) is 35.9 Å². The molecule has 13 rings (SSSR count). The van der Waals surface area contributed by atoms with Gasteiger partial charge in [0.2, 0.25) is 0 Å². The van der Waals surface area contributed by atoms with E-state index in [1.165, 1.54) is 50.1 Å². The van der Waals surface area contributed by atoms with Crippen LogP contribution in [0.2, 0.25) is 0 Å². The minimum Gasteiger partial charge on any atom is -0.458 e. The van der Waals surface area contributed by atoms with E-state index >= 15 is 0 Å². The van der Waals surface area contributed by atoms with E-state index in [1.807, 2.05) is 12.3 Å². The predicted molar refractivity (Wildman–Crippen MR) is 319 cm³/mol. The van der Waals surface area contributed by atoms with Gasteiger partial charge in [-0.25, -0.2) is 4.98 Å². The average Bonchev–Trinajstić information content (AvgIpc) is 4.15.